The van der Waals surface area contributed by atoms with Crippen molar-refractivity contribution in [2.24, 2.45) is 0 Å². The van der Waals surface area contributed by atoms with Crippen LogP contribution in [0, 0.1) is 12.3 Å². The zero-order valence-corrected chi connectivity index (χ0v) is 25.5. The Hall–Kier alpha value is -3.58. The maximum Gasteiger partial charge on any atom is 0.251 e. The van der Waals surface area contributed by atoms with Crippen molar-refractivity contribution in [1.29, 1.82) is 0 Å². The minimum atomic E-state index is -0.962. The Morgan fingerprint density at radius 1 is 1.02 bits per heavy atom. The molecule has 0 bridgehead atoms. The summed E-state index contributed by atoms with van der Waals surface area (Å²) < 4.78 is 5.93. The van der Waals surface area contributed by atoms with Gasteiger partial charge in [-0.25, -0.2) is 0 Å². The van der Waals surface area contributed by atoms with Gasteiger partial charge in [0.05, 0.1) is 12.1 Å². The quantitative estimate of drug-likeness (QED) is 0.395. The van der Waals surface area contributed by atoms with Gasteiger partial charge in [0.2, 0.25) is 11.8 Å². The molecule has 1 spiro atoms. The van der Waals surface area contributed by atoms with E-state index in [4.69, 9.17) is 11.2 Å². The minimum absolute atomic E-state index is 0. The Balaban J connectivity index is 0.00000423. The summed E-state index contributed by atoms with van der Waals surface area (Å²) >= 11 is 0. The number of piperazine rings is 1. The zero-order chi connectivity index (χ0) is 29.7. The van der Waals surface area contributed by atoms with Gasteiger partial charge in [0.1, 0.15) is 23.1 Å². The molecule has 3 amide bonds. The molecule has 3 fully saturated rings. The van der Waals surface area contributed by atoms with Crippen LogP contribution in [0.4, 0.5) is 0 Å². The number of hydrogen-bond donors (Lipinski definition) is 3. The van der Waals surface area contributed by atoms with Crippen LogP contribution >= 0.6 is 12.4 Å². The highest BCUT2D eigenvalue weighted by molar-refractivity contribution is 6.00. The highest BCUT2D eigenvalue weighted by Gasteiger charge is 2.54. The van der Waals surface area contributed by atoms with Crippen molar-refractivity contribution in [1.82, 2.24) is 20.4 Å². The number of aliphatic hydroxyl groups is 1. The van der Waals surface area contributed by atoms with E-state index in [2.05, 4.69) is 21.5 Å². The molecule has 1 atom stereocenters. The lowest BCUT2D eigenvalue weighted by Gasteiger charge is -2.51. The number of terminal acetylenes is 1. The van der Waals surface area contributed by atoms with Crippen LogP contribution in [0.15, 0.2) is 48.5 Å². The number of amides is 3. The van der Waals surface area contributed by atoms with Gasteiger partial charge >= 0.3 is 0 Å². The molecule has 2 aromatic rings. The molecule has 3 N–H and O–H groups in total. The molecular formula is C33H41ClN4O5. The van der Waals surface area contributed by atoms with E-state index in [1.54, 1.807) is 36.2 Å². The van der Waals surface area contributed by atoms with Gasteiger partial charge in [-0.05, 0) is 67.6 Å². The van der Waals surface area contributed by atoms with Gasteiger partial charge in [-0.15, -0.1) is 18.8 Å². The van der Waals surface area contributed by atoms with Gasteiger partial charge in [0.25, 0.3) is 5.91 Å². The molecule has 0 aromatic heterocycles. The third kappa shape index (κ3) is 7.15. The average molecular weight is 609 g/mol. The van der Waals surface area contributed by atoms with Crippen LogP contribution in [0.5, 0.6) is 11.5 Å². The molecule has 2 aromatic carbocycles. The van der Waals surface area contributed by atoms with E-state index in [0.717, 1.165) is 24.8 Å². The maximum absolute atomic E-state index is 13.6. The molecule has 2 heterocycles. The summed E-state index contributed by atoms with van der Waals surface area (Å²) in [5, 5.41) is 16.6. The van der Waals surface area contributed by atoms with Crippen molar-refractivity contribution in [2.45, 2.75) is 75.1 Å². The van der Waals surface area contributed by atoms with Gasteiger partial charge in [-0.2, -0.15) is 0 Å². The number of benzene rings is 2. The van der Waals surface area contributed by atoms with Crippen molar-refractivity contribution in [3.05, 3.63) is 59.7 Å². The molecule has 9 nitrogen and oxygen atoms in total. The lowest BCUT2D eigenvalue weighted by molar-refractivity contribution is -0.162. The van der Waals surface area contributed by atoms with Crippen LogP contribution in [0.1, 0.15) is 67.3 Å². The Morgan fingerprint density at radius 2 is 1.63 bits per heavy atom. The molecule has 0 unspecified atom stereocenters. The molecule has 230 valence electrons. The predicted octanol–water partition coefficient (Wildman–Crippen LogP) is 3.64. The average Bonchev–Trinajstić information content (AvgIpc) is 3.00. The summed E-state index contributed by atoms with van der Waals surface area (Å²) in [6, 6.07) is 14.1. The van der Waals surface area contributed by atoms with Gasteiger partial charge in [-0.3, -0.25) is 19.3 Å². The van der Waals surface area contributed by atoms with Crippen LogP contribution in [0.25, 0.3) is 0 Å². The monoisotopic (exact) mass is 608 g/mol. The van der Waals surface area contributed by atoms with Crippen molar-refractivity contribution < 1.29 is 24.2 Å². The van der Waals surface area contributed by atoms with E-state index in [-0.39, 0.29) is 43.1 Å². The van der Waals surface area contributed by atoms with Crippen molar-refractivity contribution in [3.8, 4) is 23.8 Å². The topological polar surface area (TPSA) is 111 Å². The summed E-state index contributed by atoms with van der Waals surface area (Å²) in [5.74, 6) is 3.44. The van der Waals surface area contributed by atoms with Gasteiger partial charge < -0.3 is 25.4 Å². The highest BCUT2D eigenvalue weighted by atomic mass is 35.5. The number of nitrogens with one attached hydrogen (secondary N) is 2. The van der Waals surface area contributed by atoms with Gasteiger partial charge in [0.15, 0.2) is 0 Å². The van der Waals surface area contributed by atoms with Crippen LogP contribution in [0.2, 0.25) is 0 Å². The molecule has 2 aliphatic heterocycles. The van der Waals surface area contributed by atoms with E-state index in [0.29, 0.717) is 62.4 Å². The van der Waals surface area contributed by atoms with Crippen molar-refractivity contribution >= 4 is 30.1 Å². The second-order valence-corrected chi connectivity index (χ2v) is 11.8. The largest absolute Gasteiger partial charge is 0.457 e. The fraction of sp³-hybridized carbons (Fsp3) is 0.485. The Labute approximate surface area is 259 Å². The molecular weight excluding hydrogens is 568 g/mol. The van der Waals surface area contributed by atoms with Crippen molar-refractivity contribution in [2.75, 3.05) is 26.7 Å². The molecule has 43 heavy (non-hydrogen) atoms. The van der Waals surface area contributed by atoms with Gasteiger partial charge in [0, 0.05) is 38.7 Å². The van der Waals surface area contributed by atoms with E-state index in [1.807, 2.05) is 24.3 Å². The van der Waals surface area contributed by atoms with Crippen molar-refractivity contribution in [3.63, 3.8) is 0 Å². The van der Waals surface area contributed by atoms with Crippen LogP contribution in [-0.2, 0) is 16.1 Å². The van der Waals surface area contributed by atoms with Crippen LogP contribution < -0.4 is 15.4 Å². The molecule has 5 rings (SSSR count). The third-order valence-corrected chi connectivity index (χ3v) is 9.02. The van der Waals surface area contributed by atoms with E-state index < -0.39 is 17.2 Å². The Kier molecular flexibility index (Phi) is 10.4. The van der Waals surface area contributed by atoms with Gasteiger partial charge in [-0.1, -0.05) is 37.3 Å². The van der Waals surface area contributed by atoms with Crippen LogP contribution in [-0.4, -0.2) is 76.5 Å². The Bertz CT molecular complexity index is 1330. The van der Waals surface area contributed by atoms with Crippen LogP contribution in [0.3, 0.4) is 0 Å². The minimum Gasteiger partial charge on any atom is -0.457 e. The first-order valence-corrected chi connectivity index (χ1v) is 14.8. The third-order valence-electron chi connectivity index (χ3n) is 9.02. The number of carbonyl (C=O) groups excluding carboxylic acids is 3. The smallest absolute Gasteiger partial charge is 0.251 e. The number of rotatable bonds is 8. The molecule has 1 aliphatic carbocycles. The number of halogens is 1. The number of ether oxygens (including phenoxy) is 1. The first kappa shape index (κ1) is 32.3. The lowest BCUT2D eigenvalue weighted by Crippen LogP contribution is -2.73. The standard InChI is InChI=1S/C33H40N4O5.ClH/c1-3-19-37-30(39)28(22-32(41)15-5-4-6-16-32)35-31(40)33(37)17-20-36(21-18-33)23-24-7-11-26(12-8-24)42-27-13-9-25(10-14-27)29(38)34-2;/h1,7-14,28,41H,4-6,15-23H2,2H3,(H,34,38)(H,35,40);1H/t28-;/m1./s1. The maximum atomic E-state index is 13.6. The normalized spacial score (nSPS) is 21.3. The van der Waals surface area contributed by atoms with E-state index >= 15 is 0 Å². The fourth-order valence-corrected chi connectivity index (χ4v) is 6.58. The fourth-order valence-electron chi connectivity index (χ4n) is 6.58. The number of piperidine rings is 1. The number of nitrogens with zero attached hydrogens (tertiary/aromatic N) is 2. The first-order chi connectivity index (χ1) is 20.2. The number of hydrogen-bond acceptors (Lipinski definition) is 6. The lowest BCUT2D eigenvalue weighted by atomic mass is 9.77. The summed E-state index contributed by atoms with van der Waals surface area (Å²) in [5.41, 5.74) is -0.200. The molecule has 2 saturated heterocycles. The predicted molar refractivity (Wildman–Crippen MR) is 166 cm³/mol. The SMILES string of the molecule is C#CCN1C(=O)[C@@H](CC2(O)CCCCC2)NC(=O)C12CCN(Cc1ccc(Oc3ccc(C(=O)NC)cc3)cc1)CC2.Cl. The summed E-state index contributed by atoms with van der Waals surface area (Å²) in [6.45, 7) is 2.08. The molecule has 0 radical (unpaired) electrons. The van der Waals surface area contributed by atoms with E-state index in [9.17, 15) is 19.5 Å². The summed E-state index contributed by atoms with van der Waals surface area (Å²) in [4.78, 5) is 42.8. The first-order valence-electron chi connectivity index (χ1n) is 14.8. The molecule has 3 aliphatic rings. The van der Waals surface area contributed by atoms with E-state index in [1.165, 1.54) is 0 Å². The second-order valence-electron chi connectivity index (χ2n) is 11.8. The Morgan fingerprint density at radius 3 is 2.21 bits per heavy atom. The molecule has 10 heteroatoms. The zero-order valence-electron chi connectivity index (χ0n) is 24.6. The molecule has 1 saturated carbocycles. The summed E-state index contributed by atoms with van der Waals surface area (Å²) in [6.07, 6.45) is 11.2. The number of likely N-dealkylation sites (tertiary alicyclic amines) is 1. The number of carbonyl (C=O) groups is 3. The highest BCUT2D eigenvalue weighted by Crippen LogP contribution is 2.37. The summed E-state index contributed by atoms with van der Waals surface area (Å²) in [7, 11) is 1.60. The second kappa shape index (κ2) is 13.8.